The topological polar surface area (TPSA) is 59.1 Å². The molecule has 5 heteroatoms. The highest BCUT2D eigenvalue weighted by Gasteiger charge is 2.31. The van der Waals surface area contributed by atoms with Gasteiger partial charge in [0.1, 0.15) is 18.5 Å². The van der Waals surface area contributed by atoms with Crippen molar-refractivity contribution in [3.63, 3.8) is 0 Å². The van der Waals surface area contributed by atoms with Gasteiger partial charge in [0.05, 0.1) is 12.3 Å². The van der Waals surface area contributed by atoms with Crippen LogP contribution in [0, 0.1) is 0 Å². The Labute approximate surface area is 188 Å². The molecule has 0 spiro atoms. The van der Waals surface area contributed by atoms with Crippen molar-refractivity contribution in [2.75, 3.05) is 18.1 Å². The second kappa shape index (κ2) is 8.97. The Kier molecular flexibility index (Phi) is 6.10. The molecule has 3 aromatic carbocycles. The lowest BCUT2D eigenvalue weighted by Crippen LogP contribution is -2.37. The molecule has 0 saturated carbocycles. The summed E-state index contributed by atoms with van der Waals surface area (Å²) in [4.78, 5) is 28.3. The molecule has 0 bridgehead atoms. The number of amides is 2. The van der Waals surface area contributed by atoms with Crippen LogP contribution < -0.4 is 9.64 Å². The molecule has 5 nitrogen and oxygen atoms in total. The maximum Gasteiger partial charge on any atom is 0.265 e. The minimum atomic E-state index is -0.407. The number of ether oxygens (including phenoxy) is 2. The van der Waals surface area contributed by atoms with E-state index >= 15 is 0 Å². The molecule has 0 N–H and O–H groups in total. The van der Waals surface area contributed by atoms with Gasteiger partial charge in [0.25, 0.3) is 11.8 Å². The fourth-order valence-electron chi connectivity index (χ4n) is 3.36. The number of anilines is 1. The molecule has 3 aromatic rings. The molecule has 0 aromatic heterocycles. The molecule has 4 rings (SSSR count). The lowest BCUT2D eigenvalue weighted by Gasteiger charge is -2.26. The number of benzene rings is 3. The highest BCUT2D eigenvalue weighted by molar-refractivity contribution is 6.26. The van der Waals surface area contributed by atoms with Crippen LogP contribution in [0.3, 0.4) is 0 Å². The third kappa shape index (κ3) is 4.89. The van der Waals surface area contributed by atoms with Crippen molar-refractivity contribution in [3.05, 3.63) is 95.6 Å². The zero-order chi connectivity index (χ0) is 22.7. The largest absolute Gasteiger partial charge is 0.489 e. The number of carbonyl (C=O) groups is 2. The molecule has 1 aliphatic rings. The van der Waals surface area contributed by atoms with E-state index in [1.165, 1.54) is 4.90 Å². The summed E-state index contributed by atoms with van der Waals surface area (Å²) >= 11 is 0. The minimum absolute atomic E-state index is 0.0456. The molecule has 1 saturated heterocycles. The molecule has 1 heterocycles. The van der Waals surface area contributed by atoms with Crippen molar-refractivity contribution < 1.29 is 19.1 Å². The summed E-state index contributed by atoms with van der Waals surface area (Å²) in [5, 5.41) is 0. The fraction of sp³-hybridized carbons (Fsp3) is 0.259. The van der Waals surface area contributed by atoms with Crippen LogP contribution in [0.25, 0.3) is 0 Å². The van der Waals surface area contributed by atoms with Crippen LogP contribution in [0.2, 0.25) is 0 Å². The summed E-state index contributed by atoms with van der Waals surface area (Å²) in [6.45, 7) is 7.35. The van der Waals surface area contributed by atoms with E-state index in [0.717, 1.165) is 5.56 Å². The SMILES string of the molecule is CC(C)(C)c1ccc(N(C(=O)c2ccccc2)C(=O)c2ccccc2)c(OCC2CO2)c1. The maximum absolute atomic E-state index is 13.6. The second-order valence-corrected chi connectivity index (χ2v) is 8.88. The molecule has 1 fully saturated rings. The molecule has 0 radical (unpaired) electrons. The van der Waals surface area contributed by atoms with Crippen molar-refractivity contribution >= 4 is 17.5 Å². The summed E-state index contributed by atoms with van der Waals surface area (Å²) in [6, 6.07) is 23.3. The molecular weight excluding hydrogens is 402 g/mol. The van der Waals surface area contributed by atoms with Gasteiger partial charge < -0.3 is 9.47 Å². The van der Waals surface area contributed by atoms with Gasteiger partial charge in [-0.1, -0.05) is 63.2 Å². The zero-order valence-electron chi connectivity index (χ0n) is 18.6. The first-order chi connectivity index (χ1) is 15.3. The molecule has 1 unspecified atom stereocenters. The van der Waals surface area contributed by atoms with Crippen LogP contribution in [0.15, 0.2) is 78.9 Å². The van der Waals surface area contributed by atoms with Crippen LogP contribution in [-0.2, 0) is 10.2 Å². The van der Waals surface area contributed by atoms with Gasteiger partial charge in [-0.3, -0.25) is 9.59 Å². The zero-order valence-corrected chi connectivity index (χ0v) is 18.6. The smallest absolute Gasteiger partial charge is 0.265 e. The van der Waals surface area contributed by atoms with Gasteiger partial charge >= 0.3 is 0 Å². The van der Waals surface area contributed by atoms with Crippen LogP contribution in [0.5, 0.6) is 5.75 Å². The van der Waals surface area contributed by atoms with Gasteiger partial charge in [-0.2, -0.15) is 0 Å². The van der Waals surface area contributed by atoms with Crippen molar-refractivity contribution in [2.24, 2.45) is 0 Å². The number of hydrogen-bond acceptors (Lipinski definition) is 4. The number of nitrogens with zero attached hydrogens (tertiary/aromatic N) is 1. The van der Waals surface area contributed by atoms with E-state index in [1.807, 2.05) is 24.3 Å². The number of epoxide rings is 1. The van der Waals surface area contributed by atoms with Gasteiger partial charge in [-0.15, -0.1) is 0 Å². The van der Waals surface area contributed by atoms with E-state index in [0.29, 0.717) is 35.8 Å². The van der Waals surface area contributed by atoms with E-state index in [9.17, 15) is 9.59 Å². The van der Waals surface area contributed by atoms with E-state index in [1.54, 1.807) is 54.6 Å². The summed E-state index contributed by atoms with van der Waals surface area (Å²) in [5.41, 5.74) is 2.19. The van der Waals surface area contributed by atoms with Crippen LogP contribution >= 0.6 is 0 Å². The molecular formula is C27H27NO4. The minimum Gasteiger partial charge on any atom is -0.489 e. The summed E-state index contributed by atoms with van der Waals surface area (Å²) in [6.07, 6.45) is 0.0456. The number of imide groups is 1. The Morgan fingerprint density at radius 3 is 1.91 bits per heavy atom. The second-order valence-electron chi connectivity index (χ2n) is 8.88. The summed E-state index contributed by atoms with van der Waals surface area (Å²) in [5.74, 6) is -0.326. The number of rotatable bonds is 6. The van der Waals surface area contributed by atoms with Gasteiger partial charge in [0, 0.05) is 11.1 Å². The predicted molar refractivity (Wildman–Crippen MR) is 124 cm³/mol. The first-order valence-corrected chi connectivity index (χ1v) is 10.7. The molecule has 164 valence electrons. The van der Waals surface area contributed by atoms with Gasteiger partial charge in [0.2, 0.25) is 0 Å². The Bertz CT molecular complexity index is 1050. The van der Waals surface area contributed by atoms with E-state index in [2.05, 4.69) is 20.8 Å². The molecule has 2 amide bonds. The van der Waals surface area contributed by atoms with Crippen molar-refractivity contribution in [1.82, 2.24) is 0 Å². The normalized spacial score (nSPS) is 15.2. The van der Waals surface area contributed by atoms with E-state index in [4.69, 9.17) is 9.47 Å². The molecule has 1 aliphatic heterocycles. The highest BCUT2D eigenvalue weighted by atomic mass is 16.6. The summed E-state index contributed by atoms with van der Waals surface area (Å²) in [7, 11) is 0. The first kappa shape index (κ1) is 21.8. The van der Waals surface area contributed by atoms with Crippen LogP contribution in [0.4, 0.5) is 5.69 Å². The highest BCUT2D eigenvalue weighted by Crippen LogP contribution is 2.36. The monoisotopic (exact) mass is 429 g/mol. The van der Waals surface area contributed by atoms with Gasteiger partial charge in [-0.25, -0.2) is 4.90 Å². The average molecular weight is 430 g/mol. The quantitative estimate of drug-likeness (QED) is 0.397. The first-order valence-electron chi connectivity index (χ1n) is 10.7. The lowest BCUT2D eigenvalue weighted by molar-refractivity contribution is 0.0896. The summed E-state index contributed by atoms with van der Waals surface area (Å²) < 4.78 is 11.4. The Hall–Kier alpha value is -3.44. The Morgan fingerprint density at radius 2 is 1.44 bits per heavy atom. The van der Waals surface area contributed by atoms with Crippen LogP contribution in [-0.4, -0.2) is 31.1 Å². The number of hydrogen-bond donors (Lipinski definition) is 0. The van der Waals surface area contributed by atoms with Gasteiger partial charge in [0.15, 0.2) is 0 Å². The van der Waals surface area contributed by atoms with Crippen molar-refractivity contribution in [1.29, 1.82) is 0 Å². The molecule has 0 aliphatic carbocycles. The molecule has 32 heavy (non-hydrogen) atoms. The Balaban J connectivity index is 1.82. The third-order valence-corrected chi connectivity index (χ3v) is 5.34. The van der Waals surface area contributed by atoms with Crippen LogP contribution in [0.1, 0.15) is 47.1 Å². The lowest BCUT2D eigenvalue weighted by atomic mass is 9.86. The standard InChI is InChI=1S/C27H27NO4/c1-27(2,3)21-14-15-23(24(16-21)32-18-22-17-31-22)28(25(29)19-10-6-4-7-11-19)26(30)20-12-8-5-9-13-20/h4-16,22H,17-18H2,1-3H3. The fourth-order valence-corrected chi connectivity index (χ4v) is 3.36. The van der Waals surface area contributed by atoms with Crippen molar-refractivity contribution in [2.45, 2.75) is 32.3 Å². The van der Waals surface area contributed by atoms with E-state index in [-0.39, 0.29) is 11.5 Å². The predicted octanol–water partition coefficient (Wildman–Crippen LogP) is 5.25. The number of carbonyl (C=O) groups excluding carboxylic acids is 2. The van der Waals surface area contributed by atoms with Crippen molar-refractivity contribution in [3.8, 4) is 5.75 Å². The maximum atomic E-state index is 13.6. The Morgan fingerprint density at radius 1 is 0.906 bits per heavy atom. The van der Waals surface area contributed by atoms with Gasteiger partial charge in [-0.05, 0) is 47.4 Å². The van der Waals surface area contributed by atoms with E-state index < -0.39 is 11.8 Å². The third-order valence-electron chi connectivity index (χ3n) is 5.34. The molecule has 1 atom stereocenters. The average Bonchev–Trinajstić information content (AvgIpc) is 3.63.